The molecule has 2 heterocycles. The SMILES string of the molecule is CC(CC(=O)N(C)C(C)Cc1ccc2c(c1)OC(CC(C)(C)C(=O)OCC(=O)N(C)CC(=O)N(C)C(C)Cc1ccc3c(c1)OCO3)O2)C(=O)CC(=O)O. The monoisotopic (exact) mass is 753 g/mol. The Morgan fingerprint density at radius 1 is 0.796 bits per heavy atom. The van der Waals surface area contributed by atoms with Gasteiger partial charge in [0, 0.05) is 52.0 Å². The Kier molecular flexibility index (Phi) is 13.5. The molecule has 2 aromatic rings. The molecule has 4 unspecified atom stereocenters. The van der Waals surface area contributed by atoms with Crippen LogP contribution in [0.1, 0.15) is 65.0 Å². The van der Waals surface area contributed by atoms with Gasteiger partial charge >= 0.3 is 11.9 Å². The molecule has 2 aliphatic rings. The van der Waals surface area contributed by atoms with Gasteiger partial charge in [0.15, 0.2) is 29.6 Å². The number of ether oxygens (including phenoxy) is 5. The topological polar surface area (TPSA) is 179 Å². The lowest BCUT2D eigenvalue weighted by molar-refractivity contribution is -0.162. The van der Waals surface area contributed by atoms with Crippen LogP contribution in [-0.2, 0) is 46.3 Å². The van der Waals surface area contributed by atoms with E-state index in [1.807, 2.05) is 38.1 Å². The second-order valence-electron chi connectivity index (χ2n) is 14.8. The molecular formula is C39H51N3O12. The van der Waals surface area contributed by atoms with Crippen LogP contribution in [0.3, 0.4) is 0 Å². The van der Waals surface area contributed by atoms with Crippen molar-refractivity contribution < 1.29 is 57.6 Å². The zero-order valence-corrected chi connectivity index (χ0v) is 32.2. The molecule has 2 aromatic carbocycles. The highest BCUT2D eigenvalue weighted by atomic mass is 16.7. The van der Waals surface area contributed by atoms with Crippen LogP contribution in [0.25, 0.3) is 0 Å². The number of esters is 1. The number of nitrogens with zero attached hydrogens (tertiary/aromatic N) is 3. The van der Waals surface area contributed by atoms with E-state index in [-0.39, 0.29) is 50.1 Å². The average Bonchev–Trinajstić information content (AvgIpc) is 3.74. The van der Waals surface area contributed by atoms with Gasteiger partial charge in [0.25, 0.3) is 5.91 Å². The summed E-state index contributed by atoms with van der Waals surface area (Å²) in [5, 5.41) is 8.86. The van der Waals surface area contributed by atoms with Gasteiger partial charge < -0.3 is 43.5 Å². The van der Waals surface area contributed by atoms with Crippen LogP contribution >= 0.6 is 0 Å². The molecule has 0 spiro atoms. The third-order valence-corrected chi connectivity index (χ3v) is 9.84. The second-order valence-corrected chi connectivity index (χ2v) is 14.8. The summed E-state index contributed by atoms with van der Waals surface area (Å²) in [4.78, 5) is 78.9. The summed E-state index contributed by atoms with van der Waals surface area (Å²) in [5.41, 5.74) is 0.760. The molecule has 15 heteroatoms. The van der Waals surface area contributed by atoms with E-state index in [9.17, 15) is 28.8 Å². The smallest absolute Gasteiger partial charge is 0.312 e. The predicted octanol–water partition coefficient (Wildman–Crippen LogP) is 3.48. The van der Waals surface area contributed by atoms with Crippen LogP contribution < -0.4 is 18.9 Å². The van der Waals surface area contributed by atoms with Crippen molar-refractivity contribution in [2.24, 2.45) is 11.3 Å². The Morgan fingerprint density at radius 3 is 1.98 bits per heavy atom. The Labute approximate surface area is 315 Å². The first-order valence-electron chi connectivity index (χ1n) is 17.9. The van der Waals surface area contributed by atoms with Crippen molar-refractivity contribution in [3.05, 3.63) is 47.5 Å². The van der Waals surface area contributed by atoms with Crippen LogP contribution in [0.5, 0.6) is 23.0 Å². The second kappa shape index (κ2) is 17.7. The van der Waals surface area contributed by atoms with E-state index in [1.54, 1.807) is 51.9 Å². The number of carbonyl (C=O) groups excluding carboxylic acids is 5. The minimum Gasteiger partial charge on any atom is -0.481 e. The number of amides is 3. The molecule has 1 N–H and O–H groups in total. The van der Waals surface area contributed by atoms with Crippen molar-refractivity contribution in [3.63, 3.8) is 0 Å². The molecule has 54 heavy (non-hydrogen) atoms. The first kappa shape index (κ1) is 41.4. The largest absolute Gasteiger partial charge is 0.481 e. The maximum atomic E-state index is 13.1. The maximum absolute atomic E-state index is 13.1. The summed E-state index contributed by atoms with van der Waals surface area (Å²) in [7, 11) is 4.80. The van der Waals surface area contributed by atoms with E-state index < -0.39 is 54.3 Å². The number of fused-ring (bicyclic) bond motifs is 2. The molecule has 0 aliphatic carbocycles. The van der Waals surface area contributed by atoms with Crippen molar-refractivity contribution in [1.29, 1.82) is 0 Å². The minimum atomic E-state index is -1.22. The van der Waals surface area contributed by atoms with E-state index in [1.165, 1.54) is 16.8 Å². The van der Waals surface area contributed by atoms with Gasteiger partial charge in [-0.25, -0.2) is 0 Å². The molecular weight excluding hydrogens is 702 g/mol. The van der Waals surface area contributed by atoms with Gasteiger partial charge in [-0.15, -0.1) is 0 Å². The van der Waals surface area contributed by atoms with Crippen LogP contribution in [0.2, 0.25) is 0 Å². The number of hydrogen-bond acceptors (Lipinski definition) is 11. The number of carbonyl (C=O) groups is 6. The number of carboxylic acid groups (broad SMARTS) is 1. The first-order chi connectivity index (χ1) is 25.3. The Balaban J connectivity index is 1.20. The standard InChI is InChI=1S/C39H51N3O12/c1-23(28(43)18-36(47)48)13-33(44)41(7)24(2)14-27-10-12-30-32(17-27)54-37(53-30)19-39(4,5)38(49)50-21-35(46)40(6)20-34(45)42(8)25(3)15-26-9-11-29-31(16-26)52-22-51-29/h9-12,16-17,23-25,37H,13-15,18-22H2,1-8H3,(H,47,48). The van der Waals surface area contributed by atoms with Gasteiger partial charge in [-0.2, -0.15) is 0 Å². The molecule has 15 nitrogen and oxygen atoms in total. The summed E-state index contributed by atoms with van der Waals surface area (Å²) >= 11 is 0. The molecule has 0 fully saturated rings. The zero-order valence-electron chi connectivity index (χ0n) is 32.2. The molecule has 0 aromatic heterocycles. The Bertz CT molecular complexity index is 1740. The van der Waals surface area contributed by atoms with Crippen LogP contribution in [0.4, 0.5) is 0 Å². The quantitative estimate of drug-likeness (QED) is 0.173. The lowest BCUT2D eigenvalue weighted by Crippen LogP contribution is -2.45. The highest BCUT2D eigenvalue weighted by Gasteiger charge is 2.38. The fraction of sp³-hybridized carbons (Fsp3) is 0.538. The van der Waals surface area contributed by atoms with Gasteiger partial charge in [0.05, 0.1) is 12.0 Å². The first-order valence-corrected chi connectivity index (χ1v) is 17.9. The van der Waals surface area contributed by atoms with E-state index in [0.717, 1.165) is 11.1 Å². The lowest BCUT2D eigenvalue weighted by Gasteiger charge is -2.28. The highest BCUT2D eigenvalue weighted by molar-refractivity contribution is 5.97. The predicted molar refractivity (Wildman–Crippen MR) is 194 cm³/mol. The minimum absolute atomic E-state index is 0.0830. The molecule has 2 aliphatic heterocycles. The third kappa shape index (κ3) is 10.9. The van der Waals surface area contributed by atoms with E-state index >= 15 is 0 Å². The Morgan fingerprint density at radius 2 is 1.35 bits per heavy atom. The summed E-state index contributed by atoms with van der Waals surface area (Å²) in [6.07, 6.45) is -0.321. The summed E-state index contributed by atoms with van der Waals surface area (Å²) in [6, 6.07) is 10.7. The van der Waals surface area contributed by atoms with Crippen LogP contribution in [0.15, 0.2) is 36.4 Å². The normalized spacial score (nSPS) is 15.8. The summed E-state index contributed by atoms with van der Waals surface area (Å²) in [6.45, 7) is 8.11. The molecule has 4 atom stereocenters. The fourth-order valence-corrected chi connectivity index (χ4v) is 5.95. The summed E-state index contributed by atoms with van der Waals surface area (Å²) in [5.74, 6) is -1.78. The molecule has 294 valence electrons. The number of rotatable bonds is 18. The molecule has 0 bridgehead atoms. The van der Waals surface area contributed by atoms with Crippen LogP contribution in [-0.4, -0.2) is 115 Å². The fourth-order valence-electron chi connectivity index (χ4n) is 5.95. The summed E-state index contributed by atoms with van der Waals surface area (Å²) < 4.78 is 28.1. The van der Waals surface area contributed by atoms with Crippen molar-refractivity contribution >= 4 is 35.4 Å². The van der Waals surface area contributed by atoms with Crippen molar-refractivity contribution in [2.75, 3.05) is 41.1 Å². The molecule has 0 saturated heterocycles. The molecule has 3 amide bonds. The maximum Gasteiger partial charge on any atom is 0.312 e. The number of hydrogen-bond donors (Lipinski definition) is 1. The van der Waals surface area contributed by atoms with E-state index in [2.05, 4.69) is 0 Å². The molecule has 4 rings (SSSR count). The van der Waals surface area contributed by atoms with Gasteiger partial charge in [-0.05, 0) is 75.9 Å². The number of Topliss-reactive ketones (excluding diaryl/α,β-unsaturated/α-hetero) is 1. The van der Waals surface area contributed by atoms with E-state index in [0.29, 0.717) is 35.8 Å². The van der Waals surface area contributed by atoms with Crippen molar-refractivity contribution in [1.82, 2.24) is 14.7 Å². The number of likely N-dealkylation sites (N-methyl/N-ethyl adjacent to an activating group) is 3. The average molecular weight is 754 g/mol. The van der Waals surface area contributed by atoms with Gasteiger partial charge in [-0.1, -0.05) is 19.1 Å². The number of carboxylic acids is 1. The lowest BCUT2D eigenvalue weighted by atomic mass is 9.89. The number of aliphatic carboxylic acids is 1. The van der Waals surface area contributed by atoms with Gasteiger partial charge in [0.2, 0.25) is 24.9 Å². The molecule has 0 saturated carbocycles. The molecule has 0 radical (unpaired) electrons. The zero-order chi connectivity index (χ0) is 39.9. The van der Waals surface area contributed by atoms with Gasteiger partial charge in [0.1, 0.15) is 12.2 Å². The highest BCUT2D eigenvalue weighted by Crippen LogP contribution is 2.39. The van der Waals surface area contributed by atoms with Crippen molar-refractivity contribution in [3.8, 4) is 23.0 Å². The van der Waals surface area contributed by atoms with Crippen LogP contribution in [0, 0.1) is 11.3 Å². The van der Waals surface area contributed by atoms with Gasteiger partial charge in [-0.3, -0.25) is 28.8 Å². The Hall–Kier alpha value is -5.34. The number of benzene rings is 2. The number of ketones is 1. The van der Waals surface area contributed by atoms with E-state index in [4.69, 9.17) is 28.8 Å². The third-order valence-electron chi connectivity index (χ3n) is 9.84. The van der Waals surface area contributed by atoms with Crippen molar-refractivity contribution in [2.45, 2.75) is 85.1 Å².